The van der Waals surface area contributed by atoms with Crippen LogP contribution in [0.3, 0.4) is 0 Å². The van der Waals surface area contributed by atoms with Gasteiger partial charge in [0, 0.05) is 63.0 Å². The van der Waals surface area contributed by atoms with Gasteiger partial charge in [-0.15, -0.1) is 0 Å². The van der Waals surface area contributed by atoms with Crippen LogP contribution in [0.5, 0.6) is 23.0 Å². The molecule has 4 aromatic rings. The molecule has 0 radical (unpaired) electrons. The second kappa shape index (κ2) is 43.3. The monoisotopic (exact) mass is 1290 g/mol. The highest BCUT2D eigenvalue weighted by Gasteiger charge is 2.26. The summed E-state index contributed by atoms with van der Waals surface area (Å²) in [7, 11) is 2.28. The first-order valence-corrected chi connectivity index (χ1v) is 34.4. The Morgan fingerprint density at radius 3 is 0.817 bits per heavy atom. The molecule has 1 aliphatic carbocycles. The van der Waals surface area contributed by atoms with Crippen LogP contribution in [0.2, 0.25) is 0 Å². The molecular weight excluding hydrogens is 1180 g/mol. The molecule has 5 rings (SSSR count). The van der Waals surface area contributed by atoms with E-state index in [0.29, 0.717) is 67.1 Å². The van der Waals surface area contributed by atoms with Crippen molar-refractivity contribution in [3.63, 3.8) is 0 Å². The van der Waals surface area contributed by atoms with Crippen LogP contribution in [0.4, 0.5) is 0 Å². The maximum atomic E-state index is 12.6. The largest absolute Gasteiger partial charge is 0.493 e. The number of hydrogen-bond acceptors (Lipinski definition) is 16. The van der Waals surface area contributed by atoms with E-state index in [0.717, 1.165) is 193 Å². The predicted molar refractivity (Wildman–Crippen MR) is 362 cm³/mol. The number of aryl methyl sites for hydroxylation is 4. The summed E-state index contributed by atoms with van der Waals surface area (Å²) in [6.45, 7) is 18.7. The van der Waals surface area contributed by atoms with Crippen LogP contribution in [0.15, 0.2) is 73.3 Å². The Morgan fingerprint density at radius 2 is 0.591 bits per heavy atom. The van der Waals surface area contributed by atoms with Crippen molar-refractivity contribution < 1.29 is 76.1 Å². The highest BCUT2D eigenvalue weighted by molar-refractivity contribution is 6.30. The SMILES string of the molecule is C=CC(=O)OCCCOc1c2cc(CCCCCC)cc1Cc1cc(CCCCCC)cc(c1OCCCOC(=O)C(=O)OC)Cc1cc(CCCCCC)cc(c1OCCCOC(=O)C(=C)C)Cc1cc(CCCCCC)cc(c1OCCCOC(=O)C(=O)OC)C2. The number of fused-ring (bicyclic) bond motifs is 8. The Kier molecular flexibility index (Phi) is 35.4. The summed E-state index contributed by atoms with van der Waals surface area (Å²) in [4.78, 5) is 74.0. The van der Waals surface area contributed by atoms with Gasteiger partial charge in [-0.1, -0.05) is 166 Å². The second-order valence-corrected chi connectivity index (χ2v) is 24.3. The minimum Gasteiger partial charge on any atom is -0.493 e. The van der Waals surface area contributed by atoms with Crippen molar-refractivity contribution in [1.29, 1.82) is 0 Å². The summed E-state index contributed by atoms with van der Waals surface area (Å²) >= 11 is 0. The Bertz CT molecular complexity index is 2890. The Labute approximate surface area is 554 Å². The maximum absolute atomic E-state index is 12.6. The quantitative estimate of drug-likeness (QED) is 0.0118. The average molecular weight is 1290 g/mol. The molecule has 4 aromatic carbocycles. The smallest absolute Gasteiger partial charge is 0.417 e. The van der Waals surface area contributed by atoms with E-state index >= 15 is 0 Å². The van der Waals surface area contributed by atoms with Crippen molar-refractivity contribution in [2.24, 2.45) is 0 Å². The van der Waals surface area contributed by atoms with Gasteiger partial charge in [-0.2, -0.15) is 0 Å². The van der Waals surface area contributed by atoms with Crippen molar-refractivity contribution in [1.82, 2.24) is 0 Å². The third-order valence-electron chi connectivity index (χ3n) is 16.3. The fourth-order valence-corrected chi connectivity index (χ4v) is 11.6. The van der Waals surface area contributed by atoms with Gasteiger partial charge in [0.05, 0.1) is 67.1 Å². The van der Waals surface area contributed by atoms with Gasteiger partial charge in [0.2, 0.25) is 0 Å². The third-order valence-corrected chi connectivity index (χ3v) is 16.3. The molecule has 16 nitrogen and oxygen atoms in total. The Morgan fingerprint density at radius 1 is 0.344 bits per heavy atom. The Hall–Kier alpha value is -7.62. The summed E-state index contributed by atoms with van der Waals surface area (Å²) in [5.74, 6) is -2.47. The number of esters is 6. The summed E-state index contributed by atoms with van der Waals surface area (Å²) < 4.78 is 59.3. The van der Waals surface area contributed by atoms with Crippen LogP contribution in [-0.4, -0.2) is 103 Å². The molecule has 0 saturated carbocycles. The normalized spacial score (nSPS) is 11.6. The summed E-state index contributed by atoms with van der Waals surface area (Å²) in [6.07, 6.45) is 24.6. The van der Waals surface area contributed by atoms with Gasteiger partial charge >= 0.3 is 35.8 Å². The molecule has 0 heterocycles. The highest BCUT2D eigenvalue weighted by Crippen LogP contribution is 2.42. The predicted octanol–water partition coefficient (Wildman–Crippen LogP) is 15.2. The zero-order valence-corrected chi connectivity index (χ0v) is 57.1. The van der Waals surface area contributed by atoms with Crippen LogP contribution >= 0.6 is 0 Å². The highest BCUT2D eigenvalue weighted by atomic mass is 16.6. The number of rotatable bonds is 42. The van der Waals surface area contributed by atoms with Crippen molar-refractivity contribution >= 4 is 35.8 Å². The van der Waals surface area contributed by atoms with Crippen LogP contribution in [-0.2, 0) is 109 Å². The lowest BCUT2D eigenvalue weighted by molar-refractivity contribution is -0.166. The molecule has 0 saturated heterocycles. The van der Waals surface area contributed by atoms with Gasteiger partial charge in [-0.05, 0) is 125 Å². The molecule has 510 valence electrons. The molecule has 0 spiro atoms. The van der Waals surface area contributed by atoms with Crippen LogP contribution in [0.1, 0.15) is 230 Å². The number of carbonyl (C=O) groups excluding carboxylic acids is 6. The molecule has 0 fully saturated rings. The van der Waals surface area contributed by atoms with Crippen molar-refractivity contribution in [2.75, 3.05) is 67.1 Å². The van der Waals surface area contributed by atoms with Gasteiger partial charge in [0.25, 0.3) is 0 Å². The number of methoxy groups -OCH3 is 2. The summed E-state index contributed by atoms with van der Waals surface area (Å²) in [5, 5.41) is 0. The minimum absolute atomic E-state index is 0.0735. The van der Waals surface area contributed by atoms with E-state index in [4.69, 9.17) is 37.9 Å². The Balaban J connectivity index is 1.91. The second-order valence-electron chi connectivity index (χ2n) is 24.3. The number of benzene rings is 4. The van der Waals surface area contributed by atoms with Gasteiger partial charge < -0.3 is 47.4 Å². The van der Waals surface area contributed by atoms with Crippen molar-refractivity contribution in [3.05, 3.63) is 140 Å². The molecule has 93 heavy (non-hydrogen) atoms. The lowest BCUT2D eigenvalue weighted by Gasteiger charge is -2.25. The number of ether oxygens (including phenoxy) is 10. The first kappa shape index (κ1) is 76.1. The van der Waals surface area contributed by atoms with E-state index in [2.05, 4.69) is 98.9 Å². The zero-order chi connectivity index (χ0) is 67.2. The molecule has 0 amide bonds. The van der Waals surface area contributed by atoms with Crippen LogP contribution in [0, 0.1) is 0 Å². The fraction of sp³-hybridized carbons (Fsp3) is 0.558. The molecule has 0 aliphatic heterocycles. The van der Waals surface area contributed by atoms with Crippen molar-refractivity contribution in [2.45, 2.75) is 214 Å². The number of unbranched alkanes of at least 4 members (excludes halogenated alkanes) is 12. The van der Waals surface area contributed by atoms with Crippen LogP contribution in [0.25, 0.3) is 0 Å². The lowest BCUT2D eigenvalue weighted by Crippen LogP contribution is -2.20. The van der Waals surface area contributed by atoms with E-state index in [9.17, 15) is 28.8 Å². The molecule has 0 unspecified atom stereocenters. The number of hydrogen-bond donors (Lipinski definition) is 0. The summed E-state index contributed by atoms with van der Waals surface area (Å²) in [5.41, 5.74) is 12.6. The third kappa shape index (κ3) is 26.7. The first-order chi connectivity index (χ1) is 45.2. The van der Waals surface area contributed by atoms with Crippen LogP contribution < -0.4 is 18.9 Å². The average Bonchev–Trinajstić information content (AvgIpc) is 0.809. The minimum atomic E-state index is -1.08. The molecule has 1 aliphatic rings. The van der Waals surface area contributed by atoms with Gasteiger partial charge in [0.15, 0.2) is 0 Å². The molecular formula is C77H106O16. The number of carbonyl (C=O) groups is 6. The zero-order valence-electron chi connectivity index (χ0n) is 57.1. The summed E-state index contributed by atoms with van der Waals surface area (Å²) in [6, 6.07) is 18.2. The molecule has 0 N–H and O–H groups in total. The first-order valence-electron chi connectivity index (χ1n) is 34.4. The van der Waals surface area contributed by atoms with E-state index < -0.39 is 35.8 Å². The van der Waals surface area contributed by atoms with E-state index in [-0.39, 0.29) is 65.7 Å². The van der Waals surface area contributed by atoms with E-state index in [1.54, 1.807) is 6.92 Å². The molecule has 16 heteroatoms. The van der Waals surface area contributed by atoms with E-state index in [1.807, 2.05) is 0 Å². The topological polar surface area (TPSA) is 195 Å². The van der Waals surface area contributed by atoms with Gasteiger partial charge in [-0.25, -0.2) is 28.8 Å². The maximum Gasteiger partial charge on any atom is 0.417 e. The molecule has 0 aromatic heterocycles. The van der Waals surface area contributed by atoms with Crippen molar-refractivity contribution in [3.8, 4) is 23.0 Å². The van der Waals surface area contributed by atoms with Gasteiger partial charge in [-0.3, -0.25) is 0 Å². The standard InChI is InChI=1S/C77H106O16/c1-10-15-19-23-31-56-43-60-51-64-47-58(33-25-21-17-12-3)49-66(71(64)89-38-29-41-92-76(82)74(80)84-8)53-62-45-57(32-24-20-16-11-2)46-63(70(62)88-37-28-40-91-73(79)55(6)7)54-67-50-59(34-26-22-18-13-4)48-65(72(67)90-39-30-42-93-77(83)75(81)85-9)52-61(44-56)69(60)87-36-27-35-86-68(78)14-5/h14,43-50H,5-6,10-13,15-42,51-54H2,1-4,7-9H3. The van der Waals surface area contributed by atoms with E-state index in [1.165, 1.54) is 22.3 Å². The van der Waals surface area contributed by atoms with Gasteiger partial charge in [0.1, 0.15) is 23.0 Å². The lowest BCUT2D eigenvalue weighted by atomic mass is 9.87. The molecule has 0 atom stereocenters. The molecule has 8 bridgehead atoms. The fourth-order valence-electron chi connectivity index (χ4n) is 11.6.